The predicted octanol–water partition coefficient (Wildman–Crippen LogP) is 3.87. The van der Waals surface area contributed by atoms with Gasteiger partial charge < -0.3 is 10.6 Å². The molecule has 1 saturated carbocycles. The summed E-state index contributed by atoms with van der Waals surface area (Å²) in [6, 6.07) is 8.73. The zero-order chi connectivity index (χ0) is 14.8. The van der Waals surface area contributed by atoms with Crippen molar-refractivity contribution in [3.05, 3.63) is 34.9 Å². The highest BCUT2D eigenvalue weighted by Gasteiger charge is 2.35. The average molecular weight is 286 g/mol. The molecule has 3 rings (SSSR count). The van der Waals surface area contributed by atoms with Gasteiger partial charge in [0.2, 0.25) is 0 Å². The van der Waals surface area contributed by atoms with E-state index in [1.807, 2.05) is 0 Å². The minimum atomic E-state index is 0.455. The van der Waals surface area contributed by atoms with Gasteiger partial charge in [0.1, 0.15) is 0 Å². The molecule has 4 unspecified atom stereocenters. The minimum Gasteiger partial charge on any atom is -0.314 e. The van der Waals surface area contributed by atoms with Gasteiger partial charge in [-0.05, 0) is 70.0 Å². The molecule has 0 spiro atoms. The van der Waals surface area contributed by atoms with E-state index in [-0.39, 0.29) is 0 Å². The fourth-order valence-corrected chi connectivity index (χ4v) is 4.39. The Balaban J connectivity index is 1.68. The molecule has 2 aliphatic rings. The van der Waals surface area contributed by atoms with Gasteiger partial charge in [-0.3, -0.25) is 0 Å². The molecule has 2 nitrogen and oxygen atoms in total. The van der Waals surface area contributed by atoms with Crippen LogP contribution in [0.15, 0.2) is 18.2 Å². The zero-order valence-corrected chi connectivity index (χ0v) is 13.8. The summed E-state index contributed by atoms with van der Waals surface area (Å²) in [5.74, 6) is 0.833. The molecule has 2 N–H and O–H groups in total. The van der Waals surface area contributed by atoms with Gasteiger partial charge in [-0.1, -0.05) is 30.2 Å². The Labute approximate surface area is 129 Å². The molecule has 1 aromatic carbocycles. The fourth-order valence-electron chi connectivity index (χ4n) is 4.39. The van der Waals surface area contributed by atoms with E-state index in [9.17, 15) is 0 Å². The van der Waals surface area contributed by atoms with E-state index >= 15 is 0 Å². The SMILES string of the molecule is Cc1ccc(C)c(C(C)NC2CCCC2C2CCCN2)c1. The van der Waals surface area contributed by atoms with Crippen molar-refractivity contribution in [3.63, 3.8) is 0 Å². The van der Waals surface area contributed by atoms with Crippen LogP contribution in [0.4, 0.5) is 0 Å². The van der Waals surface area contributed by atoms with Gasteiger partial charge in [-0.2, -0.15) is 0 Å². The van der Waals surface area contributed by atoms with Gasteiger partial charge >= 0.3 is 0 Å². The first-order chi connectivity index (χ1) is 10.1. The molecular formula is C19H30N2. The zero-order valence-electron chi connectivity index (χ0n) is 13.8. The standard InChI is InChI=1S/C19H30N2/c1-13-9-10-14(2)17(12-13)15(3)21-19-7-4-6-16(19)18-8-5-11-20-18/h9-10,12,15-16,18-21H,4-8,11H2,1-3H3. The molecule has 0 amide bonds. The van der Waals surface area contributed by atoms with E-state index in [4.69, 9.17) is 0 Å². The van der Waals surface area contributed by atoms with Crippen LogP contribution in [0, 0.1) is 19.8 Å². The molecule has 2 heteroatoms. The second-order valence-corrected chi connectivity index (χ2v) is 7.15. The Kier molecular flexibility index (Phi) is 4.66. The number of benzene rings is 1. The third-order valence-corrected chi connectivity index (χ3v) is 5.55. The van der Waals surface area contributed by atoms with E-state index in [0.29, 0.717) is 12.1 Å². The topological polar surface area (TPSA) is 24.1 Å². The highest BCUT2D eigenvalue weighted by atomic mass is 15.0. The lowest BCUT2D eigenvalue weighted by Gasteiger charge is -2.30. The molecule has 1 aliphatic carbocycles. The van der Waals surface area contributed by atoms with E-state index in [2.05, 4.69) is 49.6 Å². The smallest absolute Gasteiger partial charge is 0.0297 e. The molecule has 1 saturated heterocycles. The van der Waals surface area contributed by atoms with Crippen molar-refractivity contribution >= 4 is 0 Å². The van der Waals surface area contributed by atoms with Crippen LogP contribution in [0.25, 0.3) is 0 Å². The molecule has 0 radical (unpaired) electrons. The second-order valence-electron chi connectivity index (χ2n) is 7.15. The van der Waals surface area contributed by atoms with Gasteiger partial charge in [0.25, 0.3) is 0 Å². The normalized spacial score (nSPS) is 30.7. The summed E-state index contributed by atoms with van der Waals surface area (Å²) in [6.45, 7) is 7.98. The first-order valence-electron chi connectivity index (χ1n) is 8.72. The molecule has 4 atom stereocenters. The predicted molar refractivity (Wildman–Crippen MR) is 89.6 cm³/mol. The second kappa shape index (κ2) is 6.50. The first-order valence-corrected chi connectivity index (χ1v) is 8.72. The molecule has 0 aromatic heterocycles. The molecule has 1 aliphatic heterocycles. The summed E-state index contributed by atoms with van der Waals surface area (Å²) in [5.41, 5.74) is 4.25. The maximum Gasteiger partial charge on any atom is 0.0297 e. The van der Waals surface area contributed by atoms with Crippen LogP contribution in [0.5, 0.6) is 0 Å². The van der Waals surface area contributed by atoms with Gasteiger partial charge in [0.05, 0.1) is 0 Å². The van der Waals surface area contributed by atoms with Gasteiger partial charge in [-0.25, -0.2) is 0 Å². The number of aryl methyl sites for hydroxylation is 2. The summed E-state index contributed by atoms with van der Waals surface area (Å²) < 4.78 is 0. The highest BCUT2D eigenvalue weighted by molar-refractivity contribution is 5.32. The maximum absolute atomic E-state index is 3.95. The third kappa shape index (κ3) is 3.32. The first kappa shape index (κ1) is 15.1. The lowest BCUT2D eigenvalue weighted by Crippen LogP contribution is -2.43. The highest BCUT2D eigenvalue weighted by Crippen LogP contribution is 2.33. The Morgan fingerprint density at radius 1 is 1.14 bits per heavy atom. The van der Waals surface area contributed by atoms with Gasteiger partial charge in [0.15, 0.2) is 0 Å². The summed E-state index contributed by atoms with van der Waals surface area (Å²) in [6.07, 6.45) is 6.87. The Morgan fingerprint density at radius 2 is 2.00 bits per heavy atom. The Bertz CT molecular complexity index is 476. The molecule has 1 heterocycles. The summed E-state index contributed by atoms with van der Waals surface area (Å²) in [7, 11) is 0. The maximum atomic E-state index is 3.95. The van der Waals surface area contributed by atoms with Gasteiger partial charge in [-0.15, -0.1) is 0 Å². The van der Waals surface area contributed by atoms with Crippen LogP contribution in [0.2, 0.25) is 0 Å². The minimum absolute atomic E-state index is 0.455. The number of hydrogen-bond acceptors (Lipinski definition) is 2. The van der Waals surface area contributed by atoms with Crippen LogP contribution in [-0.4, -0.2) is 18.6 Å². The van der Waals surface area contributed by atoms with Crippen molar-refractivity contribution in [1.82, 2.24) is 10.6 Å². The van der Waals surface area contributed by atoms with E-state index < -0.39 is 0 Å². The number of nitrogens with one attached hydrogen (secondary N) is 2. The van der Waals surface area contributed by atoms with E-state index in [0.717, 1.165) is 12.0 Å². The third-order valence-electron chi connectivity index (χ3n) is 5.55. The Hall–Kier alpha value is -0.860. The fraction of sp³-hybridized carbons (Fsp3) is 0.684. The number of rotatable bonds is 4. The van der Waals surface area contributed by atoms with Crippen LogP contribution >= 0.6 is 0 Å². The lowest BCUT2D eigenvalue weighted by molar-refractivity contribution is 0.303. The van der Waals surface area contributed by atoms with Crippen LogP contribution in [-0.2, 0) is 0 Å². The van der Waals surface area contributed by atoms with Gasteiger partial charge in [0, 0.05) is 18.1 Å². The van der Waals surface area contributed by atoms with Crippen molar-refractivity contribution in [1.29, 1.82) is 0 Å². The average Bonchev–Trinajstić information content (AvgIpc) is 3.11. The molecule has 21 heavy (non-hydrogen) atoms. The van der Waals surface area contributed by atoms with Crippen molar-refractivity contribution in [2.24, 2.45) is 5.92 Å². The molecule has 116 valence electrons. The number of hydrogen-bond donors (Lipinski definition) is 2. The lowest BCUT2D eigenvalue weighted by atomic mass is 9.91. The summed E-state index contributed by atoms with van der Waals surface area (Å²) in [5, 5.41) is 7.67. The quantitative estimate of drug-likeness (QED) is 0.878. The molecule has 2 fully saturated rings. The van der Waals surface area contributed by atoms with E-state index in [1.165, 1.54) is 55.3 Å². The Morgan fingerprint density at radius 3 is 2.76 bits per heavy atom. The van der Waals surface area contributed by atoms with Crippen LogP contribution in [0.3, 0.4) is 0 Å². The molecular weight excluding hydrogens is 256 g/mol. The molecule has 0 bridgehead atoms. The summed E-state index contributed by atoms with van der Waals surface area (Å²) >= 11 is 0. The van der Waals surface area contributed by atoms with Crippen molar-refractivity contribution < 1.29 is 0 Å². The van der Waals surface area contributed by atoms with Crippen LogP contribution in [0.1, 0.15) is 61.8 Å². The van der Waals surface area contributed by atoms with Crippen molar-refractivity contribution in [2.45, 2.75) is 71.0 Å². The largest absolute Gasteiger partial charge is 0.314 e. The van der Waals surface area contributed by atoms with E-state index in [1.54, 1.807) is 0 Å². The van der Waals surface area contributed by atoms with Crippen molar-refractivity contribution in [2.75, 3.05) is 6.54 Å². The van der Waals surface area contributed by atoms with Crippen LogP contribution < -0.4 is 10.6 Å². The molecule has 1 aromatic rings. The summed E-state index contributed by atoms with van der Waals surface area (Å²) in [4.78, 5) is 0. The monoisotopic (exact) mass is 286 g/mol. The van der Waals surface area contributed by atoms with Crippen molar-refractivity contribution in [3.8, 4) is 0 Å².